The second-order valence-corrected chi connectivity index (χ2v) is 20.5. The highest BCUT2D eigenvalue weighted by atomic mass is 19.1. The molecule has 10 N–H and O–H groups in total. The number of anilines is 2. The number of carboxylic acids is 1. The number of halogens is 1. The van der Waals surface area contributed by atoms with Crippen LogP contribution >= 0.6 is 0 Å². The minimum Gasteiger partial charge on any atom is -0.490 e. The number of carboxylic acid groups (broad SMARTS) is 1. The maximum Gasteiger partial charge on any atom is 0.407 e. The van der Waals surface area contributed by atoms with Gasteiger partial charge in [-0.2, -0.15) is 0 Å². The summed E-state index contributed by atoms with van der Waals surface area (Å²) < 4.78 is 48.1. The van der Waals surface area contributed by atoms with Crippen molar-refractivity contribution >= 4 is 70.0 Å². The van der Waals surface area contributed by atoms with E-state index in [1.807, 2.05) is 19.1 Å². The lowest BCUT2D eigenvalue weighted by molar-refractivity contribution is -0.137. The molecule has 0 fully saturated rings. The first-order valence-corrected chi connectivity index (χ1v) is 28.9. The van der Waals surface area contributed by atoms with Crippen LogP contribution in [0.2, 0.25) is 0 Å². The molecule has 4 aromatic heterocycles. The number of imide groups is 1. The standard InChI is InChI=1S/C61H72FN13O15/c1-37(2)54(74-50(76)20-24-85-27-29-87-31-32-88-30-28-86-26-23-75-51(77)18-19-52(75)78)58(80)71-47(11-6-21-64-60(63)83)57(79)69-40-14-12-39(13-15-40)36-90-61(84)65-22-25-89-41-33-48-43(66-34-41)16-17-46(70-48)56-55(45-10-4-7-38(3)68-45)72-49(73-56)35-67-44-9-5-8-42(53(44)62)59(81)82/h4-5,7-10,12-19,33-34,37,47,54,67H,6,11,20-32,35-36H2,1-3H3,(H,65,84)(H,69,79)(H,71,80)(H,72,73)(H,74,76)(H,81,82)(H3,63,64,83)/t47-,54?/m0/s1. The van der Waals surface area contributed by atoms with Crippen molar-refractivity contribution in [1.82, 2.24) is 51.1 Å². The molecule has 1 aliphatic rings. The molecule has 5 heterocycles. The number of nitrogens with zero attached hydrogens (tertiary/aromatic N) is 5. The molecule has 90 heavy (non-hydrogen) atoms. The van der Waals surface area contributed by atoms with Crippen molar-refractivity contribution in [2.24, 2.45) is 11.7 Å². The molecule has 0 radical (unpaired) electrons. The van der Waals surface area contributed by atoms with E-state index in [9.17, 15) is 47.9 Å². The van der Waals surface area contributed by atoms with Gasteiger partial charge < -0.3 is 76.1 Å². The number of aromatic carboxylic acids is 1. The van der Waals surface area contributed by atoms with Crippen LogP contribution in [0.25, 0.3) is 33.8 Å². The number of nitrogens with two attached hydrogens (primary N) is 1. The summed E-state index contributed by atoms with van der Waals surface area (Å²) in [5.74, 6) is -4.22. The highest BCUT2D eigenvalue weighted by molar-refractivity contribution is 6.12. The first-order valence-electron chi connectivity index (χ1n) is 28.9. The highest BCUT2D eigenvalue weighted by Crippen LogP contribution is 2.31. The van der Waals surface area contributed by atoms with Crippen molar-refractivity contribution in [2.75, 3.05) is 89.7 Å². The van der Waals surface area contributed by atoms with Crippen LogP contribution in [0.5, 0.6) is 5.75 Å². The minimum absolute atomic E-state index is 0.00885. The Kier molecular flexibility index (Phi) is 25.9. The number of hydrogen-bond acceptors (Lipinski definition) is 19. The number of pyridine rings is 3. The summed E-state index contributed by atoms with van der Waals surface area (Å²) in [7, 11) is 0. The van der Waals surface area contributed by atoms with Gasteiger partial charge in [0.15, 0.2) is 5.82 Å². The first kappa shape index (κ1) is 67.5. The van der Waals surface area contributed by atoms with Gasteiger partial charge in [-0.3, -0.25) is 38.8 Å². The largest absolute Gasteiger partial charge is 0.490 e. The van der Waals surface area contributed by atoms with Crippen molar-refractivity contribution in [1.29, 1.82) is 0 Å². The number of hydrogen-bond donors (Lipinski definition) is 9. The van der Waals surface area contributed by atoms with E-state index in [2.05, 4.69) is 46.9 Å². The average Bonchev–Trinajstić information content (AvgIpc) is 1.80. The van der Waals surface area contributed by atoms with Gasteiger partial charge in [0.2, 0.25) is 17.7 Å². The number of alkyl carbamates (subject to hydrolysis) is 1. The number of aromatic nitrogens is 5. The van der Waals surface area contributed by atoms with Crippen molar-refractivity contribution < 1.29 is 76.3 Å². The molecule has 29 heteroatoms. The minimum atomic E-state index is -1.39. The molecule has 7 rings (SSSR count). The van der Waals surface area contributed by atoms with Crippen molar-refractivity contribution in [3.8, 4) is 28.5 Å². The zero-order chi connectivity index (χ0) is 64.4. The second-order valence-electron chi connectivity index (χ2n) is 20.5. The van der Waals surface area contributed by atoms with Gasteiger partial charge in [-0.15, -0.1) is 0 Å². The number of nitrogens with one attached hydrogen (secondary N) is 7. The average molecular weight is 1250 g/mol. The van der Waals surface area contributed by atoms with Gasteiger partial charge in [0.1, 0.15) is 42.6 Å². The van der Waals surface area contributed by atoms with E-state index < -0.39 is 59.3 Å². The Balaban J connectivity index is 0.815. The van der Waals surface area contributed by atoms with Gasteiger partial charge in [0, 0.05) is 42.6 Å². The summed E-state index contributed by atoms with van der Waals surface area (Å²) in [6.07, 6.45) is 3.57. The molecule has 28 nitrogen and oxygen atoms in total. The number of rotatable bonds is 37. The van der Waals surface area contributed by atoms with Gasteiger partial charge in [-0.25, -0.2) is 28.7 Å². The number of benzene rings is 2. The Labute approximate surface area is 516 Å². The maximum atomic E-state index is 14.9. The van der Waals surface area contributed by atoms with Crippen LogP contribution in [0, 0.1) is 18.7 Å². The molecule has 0 saturated carbocycles. The number of aryl methyl sites for hydroxylation is 1. The number of amides is 8. The summed E-state index contributed by atoms with van der Waals surface area (Å²) in [6, 6.07) is 18.4. The third-order valence-electron chi connectivity index (χ3n) is 13.4. The van der Waals surface area contributed by atoms with E-state index in [1.165, 1.54) is 36.5 Å². The quantitative estimate of drug-likeness (QED) is 0.0191. The fraction of sp³-hybridized carbons (Fsp3) is 0.377. The summed E-state index contributed by atoms with van der Waals surface area (Å²) >= 11 is 0. The van der Waals surface area contributed by atoms with Crippen LogP contribution in [0.15, 0.2) is 97.2 Å². The van der Waals surface area contributed by atoms with Crippen LogP contribution in [0.4, 0.5) is 25.4 Å². The van der Waals surface area contributed by atoms with E-state index >= 15 is 0 Å². The number of carbonyl (C=O) groups excluding carboxylic acids is 7. The topological polar surface area (TPSA) is 381 Å². The molecule has 1 unspecified atom stereocenters. The zero-order valence-electron chi connectivity index (χ0n) is 49.8. The molecule has 2 aromatic carbocycles. The Bertz CT molecular complexity index is 3480. The normalized spacial score (nSPS) is 12.6. The monoisotopic (exact) mass is 1250 g/mol. The van der Waals surface area contributed by atoms with Crippen LogP contribution in [0.1, 0.15) is 60.5 Å². The smallest absolute Gasteiger partial charge is 0.407 e. The van der Waals surface area contributed by atoms with E-state index in [0.29, 0.717) is 76.5 Å². The number of H-pyrrole nitrogens is 1. The lowest BCUT2D eigenvalue weighted by Crippen LogP contribution is -2.54. The fourth-order valence-electron chi connectivity index (χ4n) is 8.77. The molecule has 2 atom stereocenters. The van der Waals surface area contributed by atoms with E-state index in [1.54, 1.807) is 62.4 Å². The van der Waals surface area contributed by atoms with Gasteiger partial charge >= 0.3 is 18.1 Å². The summed E-state index contributed by atoms with van der Waals surface area (Å²) in [5.41, 5.74) is 9.57. The predicted molar refractivity (Wildman–Crippen MR) is 324 cm³/mol. The molecule has 6 aromatic rings. The molecular weight excluding hydrogens is 1170 g/mol. The molecule has 0 bridgehead atoms. The first-order chi connectivity index (χ1) is 43.4. The number of imidazole rings is 1. The van der Waals surface area contributed by atoms with Gasteiger partial charge in [-0.1, -0.05) is 38.1 Å². The Morgan fingerprint density at radius 3 is 2.13 bits per heavy atom. The number of aromatic amines is 1. The van der Waals surface area contributed by atoms with Crippen LogP contribution < -0.4 is 42.4 Å². The van der Waals surface area contributed by atoms with Crippen molar-refractivity contribution in [3.05, 3.63) is 126 Å². The van der Waals surface area contributed by atoms with Gasteiger partial charge in [0.25, 0.3) is 11.8 Å². The molecule has 0 aliphatic carbocycles. The molecular formula is C61H72FN13O15. The van der Waals surface area contributed by atoms with E-state index in [-0.39, 0.29) is 115 Å². The molecule has 0 saturated heterocycles. The SMILES string of the molecule is Cc1cccc(-c2nc(CNc3cccc(C(=O)O)c3F)[nH]c2-c2ccc3ncc(OCCNC(=O)OCc4ccc(NC(=O)[C@H](CCCNC(N)=O)NC(=O)C(NC(=O)CCOCCOCCOCCOCCN5C(=O)C=CC5=O)C(C)C)cc4)cc3n2)n1. The lowest BCUT2D eigenvalue weighted by atomic mass is 10.0. The predicted octanol–water partition coefficient (Wildman–Crippen LogP) is 4.54. The lowest BCUT2D eigenvalue weighted by Gasteiger charge is -2.25. The Hall–Kier alpha value is -9.97. The van der Waals surface area contributed by atoms with Crippen molar-refractivity contribution in [2.45, 2.75) is 65.3 Å². The van der Waals surface area contributed by atoms with Crippen LogP contribution in [0.3, 0.4) is 0 Å². The second kappa shape index (κ2) is 34.5. The third-order valence-corrected chi connectivity index (χ3v) is 13.4. The van der Waals surface area contributed by atoms with Crippen LogP contribution in [-0.4, -0.2) is 174 Å². The number of fused-ring (bicyclic) bond motifs is 1. The number of primary amides is 1. The molecule has 1 aliphatic heterocycles. The zero-order valence-corrected chi connectivity index (χ0v) is 49.8. The van der Waals surface area contributed by atoms with Crippen LogP contribution in [-0.2, 0) is 60.8 Å². The maximum absolute atomic E-state index is 14.9. The van der Waals surface area contributed by atoms with Crippen molar-refractivity contribution in [3.63, 3.8) is 0 Å². The number of urea groups is 1. The van der Waals surface area contributed by atoms with Gasteiger partial charge in [-0.05, 0) is 79.8 Å². The summed E-state index contributed by atoms with van der Waals surface area (Å²) in [4.78, 5) is 122. The Morgan fingerprint density at radius 1 is 0.744 bits per heavy atom. The molecule has 8 amide bonds. The van der Waals surface area contributed by atoms with E-state index in [0.717, 1.165) is 10.6 Å². The van der Waals surface area contributed by atoms with Gasteiger partial charge in [0.05, 0.1) is 118 Å². The number of carbonyl (C=O) groups is 8. The third kappa shape index (κ3) is 21.1. The molecule has 0 spiro atoms. The summed E-state index contributed by atoms with van der Waals surface area (Å²) in [6.45, 7) is 7.54. The fourth-order valence-corrected chi connectivity index (χ4v) is 8.77. The molecule has 478 valence electrons. The highest BCUT2D eigenvalue weighted by Gasteiger charge is 2.29. The summed E-state index contributed by atoms with van der Waals surface area (Å²) in [5, 5.41) is 25.7. The number of ether oxygens (including phenoxy) is 6. The Morgan fingerprint density at radius 2 is 1.44 bits per heavy atom. The van der Waals surface area contributed by atoms with E-state index in [4.69, 9.17) is 44.1 Å².